The summed E-state index contributed by atoms with van der Waals surface area (Å²) < 4.78 is 0. The first-order chi connectivity index (χ1) is 9.39. The molecule has 19 heavy (non-hydrogen) atoms. The zero-order valence-corrected chi connectivity index (χ0v) is 12.2. The third kappa shape index (κ3) is 10.9. The lowest BCUT2D eigenvalue weighted by molar-refractivity contribution is 0.534. The van der Waals surface area contributed by atoms with Gasteiger partial charge in [0.15, 0.2) is 0 Å². The summed E-state index contributed by atoms with van der Waals surface area (Å²) in [6.07, 6.45) is 0. The molecule has 4 N–H and O–H groups in total. The molecule has 2 aliphatic rings. The second-order valence-electron chi connectivity index (χ2n) is 4.30. The topological polar surface area (TPSA) is 48.1 Å². The molecule has 0 saturated carbocycles. The summed E-state index contributed by atoms with van der Waals surface area (Å²) in [6.45, 7) is 9.11. The Labute approximate surface area is 121 Å². The molecule has 0 atom stereocenters. The van der Waals surface area contributed by atoms with Gasteiger partial charge < -0.3 is 21.3 Å². The van der Waals surface area contributed by atoms with E-state index in [0.29, 0.717) is 0 Å². The maximum Gasteiger partial charge on any atom is 0.0405 e. The monoisotopic (exact) mass is 284 g/mol. The maximum atomic E-state index is 5.54. The Morgan fingerprint density at radius 3 is 1.05 bits per heavy atom. The minimum absolute atomic E-state index is 0.794. The molecule has 5 heteroatoms. The van der Waals surface area contributed by atoms with E-state index >= 15 is 0 Å². The van der Waals surface area contributed by atoms with Gasteiger partial charge in [0, 0.05) is 57.4 Å². The zero-order valence-electron chi connectivity index (χ0n) is 11.4. The molecular weight excluding hydrogens is 260 g/mol. The van der Waals surface area contributed by atoms with E-state index in [-0.39, 0.29) is 0 Å². The van der Waals surface area contributed by atoms with Crippen molar-refractivity contribution in [3.8, 4) is 0 Å². The van der Waals surface area contributed by atoms with Gasteiger partial charge in [0.25, 0.3) is 0 Å². The van der Waals surface area contributed by atoms with Crippen LogP contribution in [-0.2, 0) is 0 Å². The van der Waals surface area contributed by atoms with Crippen molar-refractivity contribution in [2.75, 3.05) is 52.4 Å². The second-order valence-corrected chi connectivity index (χ2v) is 4.73. The summed E-state index contributed by atoms with van der Waals surface area (Å²) in [4.78, 5) is 0. The van der Waals surface area contributed by atoms with Crippen LogP contribution in [0.2, 0.25) is 5.02 Å². The van der Waals surface area contributed by atoms with E-state index in [0.717, 1.165) is 57.4 Å². The Balaban J connectivity index is 0.000000143. The van der Waals surface area contributed by atoms with Gasteiger partial charge in [0.2, 0.25) is 0 Å². The van der Waals surface area contributed by atoms with Crippen molar-refractivity contribution in [1.29, 1.82) is 0 Å². The first-order valence-corrected chi connectivity index (χ1v) is 7.31. The third-order valence-corrected chi connectivity index (χ3v) is 2.90. The highest BCUT2D eigenvalue weighted by atomic mass is 35.5. The quantitative estimate of drug-likeness (QED) is 0.566. The van der Waals surface area contributed by atoms with Crippen LogP contribution in [0.4, 0.5) is 0 Å². The molecule has 2 fully saturated rings. The predicted molar refractivity (Wildman–Crippen MR) is 82.9 cm³/mol. The second kappa shape index (κ2) is 12.4. The molecule has 2 heterocycles. The number of rotatable bonds is 0. The summed E-state index contributed by atoms with van der Waals surface area (Å²) in [5.41, 5.74) is 0. The first-order valence-electron chi connectivity index (χ1n) is 6.93. The summed E-state index contributed by atoms with van der Waals surface area (Å²) in [5.74, 6) is 0. The van der Waals surface area contributed by atoms with Crippen molar-refractivity contribution in [2.24, 2.45) is 0 Å². The van der Waals surface area contributed by atoms with Crippen LogP contribution in [0, 0.1) is 0 Å². The number of hydrogen-bond donors (Lipinski definition) is 4. The van der Waals surface area contributed by atoms with Gasteiger partial charge in [-0.3, -0.25) is 0 Å². The minimum atomic E-state index is 0.794. The van der Waals surface area contributed by atoms with Crippen molar-refractivity contribution in [3.05, 3.63) is 35.4 Å². The molecule has 0 unspecified atom stereocenters. The van der Waals surface area contributed by atoms with Crippen molar-refractivity contribution in [2.45, 2.75) is 0 Å². The Morgan fingerprint density at radius 2 is 0.895 bits per heavy atom. The van der Waals surface area contributed by atoms with E-state index in [1.807, 2.05) is 30.3 Å². The summed E-state index contributed by atoms with van der Waals surface area (Å²) >= 11 is 5.54. The molecule has 1 aromatic carbocycles. The summed E-state index contributed by atoms with van der Waals surface area (Å²) in [6, 6.07) is 9.44. The van der Waals surface area contributed by atoms with Crippen LogP contribution in [-0.4, -0.2) is 52.4 Å². The normalized spacial score (nSPS) is 18.4. The number of piperazine rings is 2. The third-order valence-electron chi connectivity index (χ3n) is 2.65. The lowest BCUT2D eigenvalue weighted by Crippen LogP contribution is -2.39. The van der Waals surface area contributed by atoms with E-state index < -0.39 is 0 Å². The van der Waals surface area contributed by atoms with Crippen molar-refractivity contribution in [3.63, 3.8) is 0 Å². The van der Waals surface area contributed by atoms with Crippen molar-refractivity contribution in [1.82, 2.24) is 21.3 Å². The lowest BCUT2D eigenvalue weighted by Gasteiger charge is -2.11. The van der Waals surface area contributed by atoms with Gasteiger partial charge in [0.05, 0.1) is 0 Å². The molecule has 0 amide bonds. The highest BCUT2D eigenvalue weighted by Gasteiger charge is 1.92. The minimum Gasteiger partial charge on any atom is -0.314 e. The molecule has 4 nitrogen and oxygen atoms in total. The van der Waals surface area contributed by atoms with Gasteiger partial charge >= 0.3 is 0 Å². The molecule has 2 aliphatic heterocycles. The lowest BCUT2D eigenvalue weighted by atomic mass is 10.4. The van der Waals surface area contributed by atoms with E-state index in [9.17, 15) is 0 Å². The predicted octanol–water partition coefficient (Wildman–Crippen LogP) is 0.698. The summed E-state index contributed by atoms with van der Waals surface area (Å²) in [5, 5.41) is 13.7. The maximum absolute atomic E-state index is 5.54. The standard InChI is InChI=1S/C6H5Cl.2C4H10N2/c7-6-4-2-1-3-5-6;2*1-2-6-4-3-5-1/h1-5H;2*5-6H,1-4H2. The van der Waals surface area contributed by atoms with Gasteiger partial charge in [0.1, 0.15) is 0 Å². The van der Waals surface area contributed by atoms with Gasteiger partial charge in [-0.2, -0.15) is 0 Å². The van der Waals surface area contributed by atoms with Crippen LogP contribution < -0.4 is 21.3 Å². The average molecular weight is 285 g/mol. The van der Waals surface area contributed by atoms with Crippen LogP contribution in [0.5, 0.6) is 0 Å². The Hall–Kier alpha value is -0.650. The van der Waals surface area contributed by atoms with Crippen LogP contribution in [0.15, 0.2) is 30.3 Å². The first kappa shape index (κ1) is 16.4. The Kier molecular flexibility index (Phi) is 10.7. The molecule has 2 saturated heterocycles. The van der Waals surface area contributed by atoms with Crippen LogP contribution in [0.1, 0.15) is 0 Å². The number of benzene rings is 1. The van der Waals surface area contributed by atoms with Gasteiger partial charge in [-0.15, -0.1) is 0 Å². The fourth-order valence-corrected chi connectivity index (χ4v) is 1.77. The van der Waals surface area contributed by atoms with Crippen LogP contribution in [0.3, 0.4) is 0 Å². The molecule has 0 aliphatic carbocycles. The van der Waals surface area contributed by atoms with E-state index in [1.165, 1.54) is 0 Å². The Bertz CT molecular complexity index is 252. The highest BCUT2D eigenvalue weighted by Crippen LogP contribution is 2.03. The largest absolute Gasteiger partial charge is 0.314 e. The zero-order chi connectivity index (χ0) is 13.6. The molecule has 108 valence electrons. The van der Waals surface area contributed by atoms with Gasteiger partial charge in [-0.05, 0) is 12.1 Å². The van der Waals surface area contributed by atoms with Gasteiger partial charge in [-0.1, -0.05) is 29.8 Å². The smallest absolute Gasteiger partial charge is 0.0405 e. The highest BCUT2D eigenvalue weighted by molar-refractivity contribution is 6.30. The molecule has 0 bridgehead atoms. The number of hydrogen-bond acceptors (Lipinski definition) is 4. The average Bonchev–Trinajstić information content (AvgIpc) is 2.53. The van der Waals surface area contributed by atoms with Crippen molar-refractivity contribution < 1.29 is 0 Å². The molecule has 3 rings (SSSR count). The molecule has 0 aromatic heterocycles. The van der Waals surface area contributed by atoms with Crippen molar-refractivity contribution >= 4 is 11.6 Å². The molecule has 0 radical (unpaired) electrons. The fraction of sp³-hybridized carbons (Fsp3) is 0.571. The molecule has 0 spiro atoms. The SMILES string of the molecule is C1CNCCN1.C1CNCCN1.Clc1ccccc1. The van der Waals surface area contributed by atoms with E-state index in [4.69, 9.17) is 11.6 Å². The fourth-order valence-electron chi connectivity index (χ4n) is 1.62. The number of halogens is 1. The van der Waals surface area contributed by atoms with Crippen LogP contribution in [0.25, 0.3) is 0 Å². The van der Waals surface area contributed by atoms with E-state index in [2.05, 4.69) is 21.3 Å². The molecular formula is C14H25ClN4. The Morgan fingerprint density at radius 1 is 0.579 bits per heavy atom. The van der Waals surface area contributed by atoms with Crippen LogP contribution >= 0.6 is 11.6 Å². The summed E-state index contributed by atoms with van der Waals surface area (Å²) in [7, 11) is 0. The number of nitrogens with one attached hydrogen (secondary N) is 4. The van der Waals surface area contributed by atoms with Gasteiger partial charge in [-0.25, -0.2) is 0 Å². The van der Waals surface area contributed by atoms with E-state index in [1.54, 1.807) is 0 Å². The molecule has 1 aromatic rings.